The molecule has 0 atom stereocenters. The number of halogens is 5. The lowest BCUT2D eigenvalue weighted by molar-refractivity contribution is -0.137. The molecule has 0 saturated carbocycles. The van der Waals surface area contributed by atoms with Gasteiger partial charge in [0.15, 0.2) is 0 Å². The molecule has 3 nitrogen and oxygen atoms in total. The van der Waals surface area contributed by atoms with Crippen LogP contribution < -0.4 is 5.73 Å². The summed E-state index contributed by atoms with van der Waals surface area (Å²) in [5, 5.41) is 10.2. The van der Waals surface area contributed by atoms with Gasteiger partial charge in [-0.2, -0.15) is 18.4 Å². The fourth-order valence-corrected chi connectivity index (χ4v) is 2.97. The molecular formula is C19H10Cl2F3N3. The molecule has 0 aliphatic heterocycles. The van der Waals surface area contributed by atoms with Crippen LogP contribution in [-0.4, -0.2) is 4.98 Å². The second-order valence-electron chi connectivity index (χ2n) is 5.63. The van der Waals surface area contributed by atoms with Gasteiger partial charge in [0, 0.05) is 16.1 Å². The van der Waals surface area contributed by atoms with E-state index >= 15 is 0 Å². The number of benzene rings is 2. The Labute approximate surface area is 162 Å². The first-order valence-electron chi connectivity index (χ1n) is 7.54. The first-order chi connectivity index (χ1) is 12.7. The van der Waals surface area contributed by atoms with Crippen molar-refractivity contribution >= 4 is 29.0 Å². The van der Waals surface area contributed by atoms with Crippen molar-refractivity contribution in [3.8, 4) is 28.5 Å². The minimum absolute atomic E-state index is 0.0547. The van der Waals surface area contributed by atoms with Gasteiger partial charge in [-0.15, -0.1) is 0 Å². The highest BCUT2D eigenvalue weighted by Gasteiger charge is 2.30. The Morgan fingerprint density at radius 2 is 1.63 bits per heavy atom. The Morgan fingerprint density at radius 1 is 0.963 bits per heavy atom. The fourth-order valence-electron chi connectivity index (χ4n) is 2.58. The molecule has 3 aromatic rings. The van der Waals surface area contributed by atoms with Crippen LogP contribution in [0.2, 0.25) is 10.0 Å². The molecule has 27 heavy (non-hydrogen) atoms. The Hall–Kier alpha value is -2.75. The molecule has 1 heterocycles. The third-order valence-corrected chi connectivity index (χ3v) is 4.45. The number of hydrogen-bond acceptors (Lipinski definition) is 3. The van der Waals surface area contributed by atoms with Crippen LogP contribution >= 0.6 is 23.2 Å². The predicted molar refractivity (Wildman–Crippen MR) is 99.3 cm³/mol. The number of hydrogen-bond donors (Lipinski definition) is 1. The molecule has 0 radical (unpaired) electrons. The van der Waals surface area contributed by atoms with E-state index in [2.05, 4.69) is 4.98 Å². The number of pyridine rings is 1. The molecule has 0 saturated heterocycles. The number of aromatic nitrogens is 1. The molecule has 0 aliphatic rings. The van der Waals surface area contributed by atoms with Crippen LogP contribution in [0.5, 0.6) is 0 Å². The van der Waals surface area contributed by atoms with E-state index in [0.717, 1.165) is 12.1 Å². The Balaban J connectivity index is 2.19. The predicted octanol–water partition coefficient (Wildman–Crippen LogP) is 6.20. The summed E-state index contributed by atoms with van der Waals surface area (Å²) < 4.78 is 38.4. The second-order valence-corrected chi connectivity index (χ2v) is 6.47. The first-order valence-corrected chi connectivity index (χ1v) is 8.30. The zero-order chi connectivity index (χ0) is 19.8. The average Bonchev–Trinajstić information content (AvgIpc) is 2.62. The molecule has 0 spiro atoms. The van der Waals surface area contributed by atoms with Crippen molar-refractivity contribution in [1.82, 2.24) is 4.98 Å². The maximum absolute atomic E-state index is 12.8. The molecule has 0 unspecified atom stereocenters. The number of anilines is 1. The van der Waals surface area contributed by atoms with Crippen molar-refractivity contribution in [2.45, 2.75) is 6.18 Å². The van der Waals surface area contributed by atoms with E-state index in [9.17, 15) is 18.4 Å². The van der Waals surface area contributed by atoms with Crippen LogP contribution in [0.25, 0.3) is 22.4 Å². The zero-order valence-corrected chi connectivity index (χ0v) is 15.0. The Bertz CT molecular complexity index is 1060. The summed E-state index contributed by atoms with van der Waals surface area (Å²) in [6.45, 7) is 0. The van der Waals surface area contributed by atoms with E-state index in [1.54, 1.807) is 24.3 Å². The maximum atomic E-state index is 12.8. The molecule has 0 amide bonds. The molecule has 136 valence electrons. The summed E-state index contributed by atoms with van der Waals surface area (Å²) in [7, 11) is 0. The Morgan fingerprint density at radius 3 is 2.22 bits per heavy atom. The first kappa shape index (κ1) is 19.0. The van der Waals surface area contributed by atoms with Gasteiger partial charge in [-0.25, -0.2) is 4.98 Å². The summed E-state index contributed by atoms with van der Waals surface area (Å²) in [6, 6.07) is 12.7. The summed E-state index contributed by atoms with van der Waals surface area (Å²) in [5.41, 5.74) is 6.78. The monoisotopic (exact) mass is 407 g/mol. The van der Waals surface area contributed by atoms with Crippen molar-refractivity contribution in [2.24, 2.45) is 0 Å². The van der Waals surface area contributed by atoms with E-state index in [0.29, 0.717) is 32.4 Å². The minimum atomic E-state index is -4.45. The lowest BCUT2D eigenvalue weighted by Gasteiger charge is -2.12. The molecule has 8 heteroatoms. The molecule has 0 aliphatic carbocycles. The molecule has 2 N–H and O–H groups in total. The van der Waals surface area contributed by atoms with Gasteiger partial charge in [-0.1, -0.05) is 35.3 Å². The van der Waals surface area contributed by atoms with Crippen molar-refractivity contribution < 1.29 is 13.2 Å². The molecular weight excluding hydrogens is 398 g/mol. The summed E-state index contributed by atoms with van der Waals surface area (Å²) in [6.07, 6.45) is -4.45. The molecule has 2 aromatic carbocycles. The van der Waals surface area contributed by atoms with E-state index in [-0.39, 0.29) is 11.4 Å². The topological polar surface area (TPSA) is 62.7 Å². The van der Waals surface area contributed by atoms with Crippen molar-refractivity contribution in [3.63, 3.8) is 0 Å². The lowest BCUT2D eigenvalue weighted by atomic mass is 9.97. The van der Waals surface area contributed by atoms with Gasteiger partial charge >= 0.3 is 6.18 Å². The van der Waals surface area contributed by atoms with E-state index < -0.39 is 11.7 Å². The SMILES string of the molecule is N#Cc1c(-c2ccc(C(F)(F)F)cc2)cc(-c2cc(Cl)ccc2Cl)nc1N. The standard InChI is InChI=1S/C19H10Cl2F3N3/c20-12-5-6-16(21)14(7-12)17-8-13(15(9-25)18(26)27-17)10-1-3-11(4-2-10)19(22,23)24/h1-8H,(H2,26,27). The summed E-state index contributed by atoms with van der Waals surface area (Å²) in [5.74, 6) is -0.0547. The van der Waals surface area contributed by atoms with Crippen LogP contribution in [-0.2, 0) is 6.18 Å². The van der Waals surface area contributed by atoms with Crippen LogP contribution in [0, 0.1) is 11.3 Å². The number of nitriles is 1. The molecule has 3 rings (SSSR count). The molecule has 1 aromatic heterocycles. The largest absolute Gasteiger partial charge is 0.416 e. The number of nitrogen functional groups attached to an aromatic ring is 1. The lowest BCUT2D eigenvalue weighted by Crippen LogP contribution is -2.04. The van der Waals surface area contributed by atoms with Gasteiger partial charge in [-0.3, -0.25) is 0 Å². The minimum Gasteiger partial charge on any atom is -0.383 e. The van der Waals surface area contributed by atoms with E-state index in [1.165, 1.54) is 12.1 Å². The third-order valence-electron chi connectivity index (χ3n) is 3.89. The van der Waals surface area contributed by atoms with Gasteiger partial charge in [0.25, 0.3) is 0 Å². The van der Waals surface area contributed by atoms with Gasteiger partial charge in [0.2, 0.25) is 0 Å². The quantitative estimate of drug-likeness (QED) is 0.550. The van der Waals surface area contributed by atoms with Crippen LogP contribution in [0.3, 0.4) is 0 Å². The van der Waals surface area contributed by atoms with Gasteiger partial charge in [-0.05, 0) is 42.0 Å². The highest BCUT2D eigenvalue weighted by atomic mass is 35.5. The van der Waals surface area contributed by atoms with E-state index in [1.807, 2.05) is 6.07 Å². The van der Waals surface area contributed by atoms with Gasteiger partial charge < -0.3 is 5.73 Å². The smallest absolute Gasteiger partial charge is 0.383 e. The van der Waals surface area contributed by atoms with E-state index in [4.69, 9.17) is 28.9 Å². The second kappa shape index (κ2) is 7.10. The summed E-state index contributed by atoms with van der Waals surface area (Å²) >= 11 is 12.2. The van der Waals surface area contributed by atoms with Crippen LogP contribution in [0.4, 0.5) is 19.0 Å². The van der Waals surface area contributed by atoms with Crippen molar-refractivity contribution in [2.75, 3.05) is 5.73 Å². The van der Waals surface area contributed by atoms with Crippen LogP contribution in [0.1, 0.15) is 11.1 Å². The third kappa shape index (κ3) is 3.85. The highest BCUT2D eigenvalue weighted by Crippen LogP contribution is 2.36. The number of nitrogens with zero attached hydrogens (tertiary/aromatic N) is 2. The number of alkyl halides is 3. The number of nitrogens with two attached hydrogens (primary N) is 1. The zero-order valence-electron chi connectivity index (χ0n) is 13.5. The van der Waals surface area contributed by atoms with Crippen molar-refractivity contribution in [1.29, 1.82) is 5.26 Å². The van der Waals surface area contributed by atoms with Gasteiger partial charge in [0.1, 0.15) is 17.5 Å². The highest BCUT2D eigenvalue weighted by molar-refractivity contribution is 6.35. The van der Waals surface area contributed by atoms with Gasteiger partial charge in [0.05, 0.1) is 16.3 Å². The fraction of sp³-hybridized carbons (Fsp3) is 0.0526. The summed E-state index contributed by atoms with van der Waals surface area (Å²) in [4.78, 5) is 4.19. The molecule has 0 bridgehead atoms. The maximum Gasteiger partial charge on any atom is 0.416 e. The average molecular weight is 408 g/mol. The number of rotatable bonds is 2. The molecule has 0 fully saturated rings. The van der Waals surface area contributed by atoms with Crippen molar-refractivity contribution in [3.05, 3.63) is 69.7 Å². The Kier molecular flexibility index (Phi) is 5.01. The van der Waals surface area contributed by atoms with Crippen LogP contribution in [0.15, 0.2) is 48.5 Å². The normalized spacial score (nSPS) is 11.3.